The maximum absolute atomic E-state index is 11.5. The monoisotopic (exact) mass is 276 g/mol. The predicted octanol–water partition coefficient (Wildman–Crippen LogP) is 4.76. The van der Waals surface area contributed by atoms with Gasteiger partial charge in [-0.05, 0) is 35.4 Å². The van der Waals surface area contributed by atoms with Crippen LogP contribution in [0.2, 0.25) is 0 Å². The van der Waals surface area contributed by atoms with Crippen LogP contribution in [0.25, 0.3) is 6.08 Å². The van der Waals surface area contributed by atoms with Crippen LogP contribution in [-0.4, -0.2) is 16.2 Å². The first-order chi connectivity index (χ1) is 9.31. The van der Waals surface area contributed by atoms with Gasteiger partial charge in [0.05, 0.1) is 5.56 Å². The lowest BCUT2D eigenvalue weighted by molar-refractivity contribution is 0.0696. The van der Waals surface area contributed by atoms with Gasteiger partial charge >= 0.3 is 5.97 Å². The molecular weight excluding hydrogens is 252 g/mol. The van der Waals surface area contributed by atoms with Crippen LogP contribution in [-0.2, 0) is 0 Å². The van der Waals surface area contributed by atoms with E-state index in [4.69, 9.17) is 0 Å². The number of carbonyl (C=O) groups is 1. The predicted molar refractivity (Wildman–Crippen MR) is 82.6 cm³/mol. The van der Waals surface area contributed by atoms with Gasteiger partial charge in [-0.15, -0.1) is 0 Å². The molecule has 0 aromatic heterocycles. The lowest BCUT2D eigenvalue weighted by Gasteiger charge is -2.20. The molecule has 1 rings (SSSR count). The third kappa shape index (κ3) is 3.21. The quantitative estimate of drug-likeness (QED) is 0.815. The van der Waals surface area contributed by atoms with Crippen LogP contribution in [0.1, 0.15) is 79.9 Å². The molecule has 0 amide bonds. The first kappa shape index (κ1) is 16.3. The molecule has 0 radical (unpaired) electrons. The number of benzene rings is 1. The molecule has 3 heteroatoms. The number of phenolic OH excluding ortho intramolecular Hbond substituents is 1. The highest BCUT2D eigenvalue weighted by atomic mass is 16.4. The molecule has 110 valence electrons. The van der Waals surface area contributed by atoms with Crippen molar-refractivity contribution in [1.82, 2.24) is 0 Å². The Labute approximate surface area is 121 Å². The van der Waals surface area contributed by atoms with E-state index in [1.807, 2.05) is 46.8 Å². The summed E-state index contributed by atoms with van der Waals surface area (Å²) in [5.41, 5.74) is 2.30. The van der Waals surface area contributed by atoms with Gasteiger partial charge in [0.1, 0.15) is 5.75 Å². The van der Waals surface area contributed by atoms with Crippen LogP contribution in [0.3, 0.4) is 0 Å². The van der Waals surface area contributed by atoms with Gasteiger partial charge in [0.25, 0.3) is 0 Å². The van der Waals surface area contributed by atoms with Crippen molar-refractivity contribution < 1.29 is 15.0 Å². The van der Waals surface area contributed by atoms with E-state index in [-0.39, 0.29) is 23.1 Å². The highest BCUT2D eigenvalue weighted by Crippen LogP contribution is 2.38. The summed E-state index contributed by atoms with van der Waals surface area (Å²) in [5.74, 6) is -0.585. The highest BCUT2D eigenvalue weighted by molar-refractivity contribution is 5.94. The summed E-state index contributed by atoms with van der Waals surface area (Å²) in [4.78, 5) is 11.5. The second-order valence-electron chi connectivity index (χ2n) is 5.61. The largest absolute Gasteiger partial charge is 0.507 e. The minimum atomic E-state index is -0.954. The van der Waals surface area contributed by atoms with Gasteiger partial charge in [-0.25, -0.2) is 4.79 Å². The minimum Gasteiger partial charge on any atom is -0.507 e. The molecule has 0 spiro atoms. The Bertz CT molecular complexity index is 526. The Morgan fingerprint density at radius 3 is 2.25 bits per heavy atom. The van der Waals surface area contributed by atoms with Crippen LogP contribution in [0, 0.1) is 0 Å². The van der Waals surface area contributed by atoms with E-state index in [9.17, 15) is 15.0 Å². The Morgan fingerprint density at radius 2 is 1.85 bits per heavy atom. The van der Waals surface area contributed by atoms with Gasteiger partial charge < -0.3 is 10.2 Å². The van der Waals surface area contributed by atoms with E-state index in [0.29, 0.717) is 11.1 Å². The second-order valence-corrected chi connectivity index (χ2v) is 5.61. The Kier molecular flexibility index (Phi) is 5.37. The Hall–Kier alpha value is -1.77. The van der Waals surface area contributed by atoms with E-state index in [2.05, 4.69) is 0 Å². The maximum Gasteiger partial charge on any atom is 0.336 e. The van der Waals surface area contributed by atoms with Gasteiger partial charge in [-0.3, -0.25) is 0 Å². The van der Waals surface area contributed by atoms with Crippen LogP contribution >= 0.6 is 0 Å². The molecule has 0 saturated heterocycles. The molecule has 0 aliphatic rings. The van der Waals surface area contributed by atoms with E-state index in [1.165, 1.54) is 0 Å². The van der Waals surface area contributed by atoms with Gasteiger partial charge in [0.15, 0.2) is 0 Å². The molecule has 3 nitrogen and oxygen atoms in total. The number of hydrogen-bond donors (Lipinski definition) is 2. The normalized spacial score (nSPS) is 11.8. The van der Waals surface area contributed by atoms with E-state index >= 15 is 0 Å². The van der Waals surface area contributed by atoms with Crippen LogP contribution in [0.5, 0.6) is 5.75 Å². The van der Waals surface area contributed by atoms with Crippen molar-refractivity contribution in [3.8, 4) is 5.75 Å². The molecule has 0 unspecified atom stereocenters. The molecule has 0 fully saturated rings. The summed E-state index contributed by atoms with van der Waals surface area (Å²) in [6, 6.07) is 1.60. The second kappa shape index (κ2) is 6.60. The Balaban J connectivity index is 3.73. The summed E-state index contributed by atoms with van der Waals surface area (Å²) >= 11 is 0. The number of aromatic hydroxyl groups is 1. The average Bonchev–Trinajstić information content (AvgIpc) is 2.34. The van der Waals surface area contributed by atoms with Crippen molar-refractivity contribution in [2.24, 2.45) is 0 Å². The maximum atomic E-state index is 11.5. The molecule has 0 saturated carbocycles. The fourth-order valence-corrected chi connectivity index (χ4v) is 2.35. The highest BCUT2D eigenvalue weighted by Gasteiger charge is 2.22. The summed E-state index contributed by atoms with van der Waals surface area (Å²) in [6.45, 7) is 9.83. The lowest BCUT2D eigenvalue weighted by Crippen LogP contribution is -2.07. The molecule has 0 heterocycles. The number of phenols is 1. The minimum absolute atomic E-state index is 0.0586. The van der Waals surface area contributed by atoms with Crippen LogP contribution in [0.4, 0.5) is 0 Å². The zero-order chi connectivity index (χ0) is 15.4. The summed E-state index contributed by atoms with van der Waals surface area (Å²) < 4.78 is 0. The number of hydrogen-bond acceptors (Lipinski definition) is 2. The van der Waals surface area contributed by atoms with Crippen molar-refractivity contribution in [3.05, 3.63) is 34.4 Å². The average molecular weight is 276 g/mol. The van der Waals surface area contributed by atoms with Crippen LogP contribution in [0.15, 0.2) is 12.1 Å². The lowest BCUT2D eigenvalue weighted by atomic mass is 9.86. The number of carboxylic acid groups (broad SMARTS) is 1. The van der Waals surface area contributed by atoms with Gasteiger partial charge in [0.2, 0.25) is 0 Å². The smallest absolute Gasteiger partial charge is 0.336 e. The number of rotatable bonds is 5. The molecule has 2 N–H and O–H groups in total. The van der Waals surface area contributed by atoms with Crippen molar-refractivity contribution in [2.75, 3.05) is 0 Å². The van der Waals surface area contributed by atoms with Gasteiger partial charge in [0, 0.05) is 5.56 Å². The van der Waals surface area contributed by atoms with Gasteiger partial charge in [-0.1, -0.05) is 46.8 Å². The third-order valence-electron chi connectivity index (χ3n) is 3.36. The van der Waals surface area contributed by atoms with Crippen LogP contribution < -0.4 is 0 Å². The van der Waals surface area contributed by atoms with Crippen molar-refractivity contribution in [3.63, 3.8) is 0 Å². The number of aromatic carboxylic acids is 1. The van der Waals surface area contributed by atoms with Gasteiger partial charge in [-0.2, -0.15) is 0 Å². The third-order valence-corrected chi connectivity index (χ3v) is 3.36. The first-order valence-corrected chi connectivity index (χ1v) is 7.10. The van der Waals surface area contributed by atoms with E-state index in [1.54, 1.807) is 6.07 Å². The van der Waals surface area contributed by atoms with E-state index < -0.39 is 5.97 Å². The molecule has 0 bridgehead atoms. The first-order valence-electron chi connectivity index (χ1n) is 7.10. The SMILES string of the molecule is CC/C=C/c1c(C(=O)O)cc(C(C)C)c(O)c1C(C)C. The number of allylic oxidation sites excluding steroid dienone is 1. The molecule has 0 aliphatic heterocycles. The number of carboxylic acids is 1. The fourth-order valence-electron chi connectivity index (χ4n) is 2.35. The molecular formula is C17H24O3. The zero-order valence-electron chi connectivity index (χ0n) is 12.9. The zero-order valence-corrected chi connectivity index (χ0v) is 12.9. The molecule has 1 aromatic rings. The van der Waals surface area contributed by atoms with Crippen molar-refractivity contribution in [1.29, 1.82) is 0 Å². The Morgan fingerprint density at radius 1 is 1.25 bits per heavy atom. The standard InChI is InChI=1S/C17H24O3/c1-6-7-8-12-14(17(19)20)9-13(10(2)3)16(18)15(12)11(4)5/h7-11,18H,6H2,1-5H3,(H,19,20)/b8-7+. The van der Waals surface area contributed by atoms with Crippen molar-refractivity contribution in [2.45, 2.75) is 52.9 Å². The summed E-state index contributed by atoms with van der Waals surface area (Å²) in [5, 5.41) is 19.9. The van der Waals surface area contributed by atoms with Crippen molar-refractivity contribution >= 4 is 12.0 Å². The summed E-state index contributed by atoms with van der Waals surface area (Å²) in [7, 11) is 0. The molecule has 0 atom stereocenters. The topological polar surface area (TPSA) is 57.5 Å². The van der Waals surface area contributed by atoms with E-state index in [0.717, 1.165) is 12.0 Å². The molecule has 0 aliphatic carbocycles. The fraction of sp³-hybridized carbons (Fsp3) is 0.471. The molecule has 1 aromatic carbocycles. The molecule has 20 heavy (non-hydrogen) atoms. The summed E-state index contributed by atoms with van der Waals surface area (Å²) in [6.07, 6.45) is 4.55.